The maximum atomic E-state index is 14.5. The fourth-order valence-electron chi connectivity index (χ4n) is 2.53. The Hall–Kier alpha value is -3.26. The Kier molecular flexibility index (Phi) is 5.18. The molecule has 0 heterocycles. The minimum absolute atomic E-state index is 0.175. The van der Waals surface area contributed by atoms with Crippen molar-refractivity contribution in [1.29, 1.82) is 0 Å². The van der Waals surface area contributed by atoms with E-state index in [1.54, 1.807) is 12.1 Å². The van der Waals surface area contributed by atoms with E-state index in [1.165, 1.54) is 19.2 Å². The molecule has 0 N–H and O–H groups in total. The molecule has 3 aromatic carbocycles. The summed E-state index contributed by atoms with van der Waals surface area (Å²) in [7, 11) is 1.18. The highest BCUT2D eigenvalue weighted by atomic mass is 19.2. The Balaban J connectivity index is 2.02. The number of hydrogen-bond acceptors (Lipinski definition) is 1. The molecule has 136 valence electrons. The smallest absolute Gasteiger partial charge is 0.201 e. The lowest BCUT2D eigenvalue weighted by Gasteiger charge is -2.09. The van der Waals surface area contributed by atoms with Crippen molar-refractivity contribution >= 4 is 0 Å². The van der Waals surface area contributed by atoms with Crippen LogP contribution in [0.2, 0.25) is 0 Å². The summed E-state index contributed by atoms with van der Waals surface area (Å²) < 4.78 is 61.5. The van der Waals surface area contributed by atoms with Crippen LogP contribution in [0.25, 0.3) is 11.1 Å². The van der Waals surface area contributed by atoms with Gasteiger partial charge in [-0.15, -0.1) is 0 Å². The fourth-order valence-corrected chi connectivity index (χ4v) is 2.53. The number of hydrogen-bond donors (Lipinski definition) is 0. The second-order valence-corrected chi connectivity index (χ2v) is 5.85. The van der Waals surface area contributed by atoms with Crippen molar-refractivity contribution < 1.29 is 22.3 Å². The highest BCUT2D eigenvalue weighted by Crippen LogP contribution is 2.32. The normalized spacial score (nSPS) is 10.3. The first-order valence-electron chi connectivity index (χ1n) is 8.01. The molecule has 5 heteroatoms. The van der Waals surface area contributed by atoms with E-state index in [0.29, 0.717) is 5.56 Å². The summed E-state index contributed by atoms with van der Waals surface area (Å²) in [4.78, 5) is 0. The molecule has 0 saturated carbocycles. The Bertz CT molecular complexity index is 1060. The standard InChI is InChI=1S/C22H14F4O/c1-13-3-5-14(6-4-13)7-8-15-9-10-16(20(24)19(15)23)17-11-12-18(27-2)22(26)21(17)25/h3-6,9-12H,1-2H3. The van der Waals surface area contributed by atoms with Gasteiger partial charge in [0.2, 0.25) is 5.82 Å². The number of rotatable bonds is 2. The number of methoxy groups -OCH3 is 1. The van der Waals surface area contributed by atoms with E-state index in [4.69, 9.17) is 0 Å². The SMILES string of the molecule is COc1ccc(-c2ccc(C#Cc3ccc(C)cc3)c(F)c2F)c(F)c1F. The minimum atomic E-state index is -1.31. The summed E-state index contributed by atoms with van der Waals surface area (Å²) in [6, 6.07) is 11.9. The monoisotopic (exact) mass is 370 g/mol. The highest BCUT2D eigenvalue weighted by Gasteiger charge is 2.20. The van der Waals surface area contributed by atoms with Crippen molar-refractivity contribution in [2.45, 2.75) is 6.92 Å². The molecule has 0 aliphatic rings. The van der Waals surface area contributed by atoms with Crippen molar-refractivity contribution in [2.75, 3.05) is 7.11 Å². The predicted molar refractivity (Wildman–Crippen MR) is 95.4 cm³/mol. The third-order valence-corrected chi connectivity index (χ3v) is 4.03. The minimum Gasteiger partial charge on any atom is -0.494 e. The van der Waals surface area contributed by atoms with Gasteiger partial charge in [-0.3, -0.25) is 0 Å². The summed E-state index contributed by atoms with van der Waals surface area (Å²) >= 11 is 0. The van der Waals surface area contributed by atoms with Crippen LogP contribution in [0, 0.1) is 42.0 Å². The van der Waals surface area contributed by atoms with Crippen LogP contribution in [-0.4, -0.2) is 7.11 Å². The zero-order valence-electron chi connectivity index (χ0n) is 14.5. The lowest BCUT2D eigenvalue weighted by atomic mass is 10.0. The van der Waals surface area contributed by atoms with E-state index < -0.39 is 34.4 Å². The van der Waals surface area contributed by atoms with Crippen molar-refractivity contribution in [2.24, 2.45) is 0 Å². The Labute approximate surface area is 154 Å². The first-order valence-corrected chi connectivity index (χ1v) is 8.01. The van der Waals surface area contributed by atoms with Crippen LogP contribution in [0.5, 0.6) is 5.75 Å². The van der Waals surface area contributed by atoms with Crippen LogP contribution in [0.1, 0.15) is 16.7 Å². The summed E-state index contributed by atoms with van der Waals surface area (Å²) in [5, 5.41) is 0. The number of halogens is 4. The van der Waals surface area contributed by atoms with E-state index in [-0.39, 0.29) is 11.3 Å². The van der Waals surface area contributed by atoms with Crippen LogP contribution in [0.3, 0.4) is 0 Å². The molecule has 1 nitrogen and oxygen atoms in total. The highest BCUT2D eigenvalue weighted by molar-refractivity contribution is 5.67. The molecule has 0 aliphatic heterocycles. The molecule has 0 saturated heterocycles. The van der Waals surface area contributed by atoms with Crippen LogP contribution < -0.4 is 4.74 Å². The molecule has 3 aromatic rings. The van der Waals surface area contributed by atoms with Gasteiger partial charge in [0.15, 0.2) is 23.2 Å². The van der Waals surface area contributed by atoms with Gasteiger partial charge in [0.1, 0.15) is 0 Å². The predicted octanol–water partition coefficient (Wildman–Crippen LogP) is 5.63. The molecule has 27 heavy (non-hydrogen) atoms. The van der Waals surface area contributed by atoms with E-state index in [1.807, 2.05) is 19.1 Å². The molecule has 0 unspecified atom stereocenters. The third kappa shape index (κ3) is 3.65. The molecule has 0 aromatic heterocycles. The molecule has 0 atom stereocenters. The summed E-state index contributed by atoms with van der Waals surface area (Å²) in [6.45, 7) is 1.92. The van der Waals surface area contributed by atoms with Gasteiger partial charge in [0.05, 0.1) is 12.7 Å². The summed E-state index contributed by atoms with van der Waals surface area (Å²) in [6.07, 6.45) is 0. The first kappa shape index (κ1) is 18.5. The van der Waals surface area contributed by atoms with Crippen LogP contribution in [-0.2, 0) is 0 Å². The zero-order valence-corrected chi connectivity index (χ0v) is 14.5. The van der Waals surface area contributed by atoms with Crippen molar-refractivity contribution in [1.82, 2.24) is 0 Å². The molecule has 0 aliphatic carbocycles. The fraction of sp³-hybridized carbons (Fsp3) is 0.0909. The molecule has 0 radical (unpaired) electrons. The number of ether oxygens (including phenoxy) is 1. The average Bonchev–Trinajstić information content (AvgIpc) is 2.67. The van der Waals surface area contributed by atoms with Gasteiger partial charge >= 0.3 is 0 Å². The van der Waals surface area contributed by atoms with Crippen LogP contribution in [0.15, 0.2) is 48.5 Å². The second-order valence-electron chi connectivity index (χ2n) is 5.85. The quantitative estimate of drug-likeness (QED) is 0.420. The van der Waals surface area contributed by atoms with Gasteiger partial charge in [0.25, 0.3) is 0 Å². The third-order valence-electron chi connectivity index (χ3n) is 4.03. The van der Waals surface area contributed by atoms with Gasteiger partial charge in [0, 0.05) is 16.7 Å². The topological polar surface area (TPSA) is 9.23 Å². The molecule has 0 spiro atoms. The maximum absolute atomic E-state index is 14.5. The lowest BCUT2D eigenvalue weighted by Crippen LogP contribution is -1.99. The van der Waals surface area contributed by atoms with Gasteiger partial charge in [-0.2, -0.15) is 4.39 Å². The van der Waals surface area contributed by atoms with Gasteiger partial charge in [-0.05, 0) is 43.3 Å². The molecule has 0 bridgehead atoms. The van der Waals surface area contributed by atoms with Crippen LogP contribution >= 0.6 is 0 Å². The second kappa shape index (κ2) is 7.55. The van der Waals surface area contributed by atoms with Gasteiger partial charge in [-0.1, -0.05) is 29.5 Å². The Morgan fingerprint density at radius 2 is 1.26 bits per heavy atom. The van der Waals surface area contributed by atoms with Crippen molar-refractivity contribution in [3.63, 3.8) is 0 Å². The summed E-state index contributed by atoms with van der Waals surface area (Å²) in [5.41, 5.74) is 0.727. The maximum Gasteiger partial charge on any atom is 0.201 e. The average molecular weight is 370 g/mol. The first-order chi connectivity index (χ1) is 12.9. The number of aryl methyl sites for hydroxylation is 1. The van der Waals surface area contributed by atoms with Crippen LogP contribution in [0.4, 0.5) is 17.6 Å². The molecule has 0 fully saturated rings. The van der Waals surface area contributed by atoms with Crippen molar-refractivity contribution in [3.8, 4) is 28.7 Å². The molecule has 0 amide bonds. The van der Waals surface area contributed by atoms with E-state index in [0.717, 1.165) is 17.7 Å². The Morgan fingerprint density at radius 3 is 1.89 bits per heavy atom. The molecule has 3 rings (SSSR count). The van der Waals surface area contributed by atoms with Gasteiger partial charge < -0.3 is 4.74 Å². The number of benzene rings is 3. The molecular weight excluding hydrogens is 356 g/mol. The lowest BCUT2D eigenvalue weighted by molar-refractivity contribution is 0.372. The van der Waals surface area contributed by atoms with Crippen molar-refractivity contribution in [3.05, 3.63) is 88.5 Å². The summed E-state index contributed by atoms with van der Waals surface area (Å²) in [5.74, 6) is -0.114. The molecular formula is C22H14F4O. The van der Waals surface area contributed by atoms with E-state index >= 15 is 0 Å². The van der Waals surface area contributed by atoms with E-state index in [9.17, 15) is 17.6 Å². The Morgan fingerprint density at radius 1 is 0.667 bits per heavy atom. The van der Waals surface area contributed by atoms with E-state index in [2.05, 4.69) is 16.6 Å². The largest absolute Gasteiger partial charge is 0.494 e. The van der Waals surface area contributed by atoms with Gasteiger partial charge in [-0.25, -0.2) is 13.2 Å². The zero-order chi connectivity index (χ0) is 19.6.